The summed E-state index contributed by atoms with van der Waals surface area (Å²) >= 11 is 1.27. The van der Waals surface area contributed by atoms with Crippen LogP contribution in [-0.4, -0.2) is 16.1 Å². The first-order valence-corrected chi connectivity index (χ1v) is 5.27. The van der Waals surface area contributed by atoms with E-state index >= 15 is 0 Å². The number of hydrogen-bond donors (Lipinski definition) is 1. The molecule has 5 heteroatoms. The summed E-state index contributed by atoms with van der Waals surface area (Å²) in [6.45, 7) is 0. The van der Waals surface area contributed by atoms with Gasteiger partial charge in [0, 0.05) is 0 Å². The molecule has 1 heterocycles. The minimum Gasteiger partial charge on any atom is -0.476 e. The highest BCUT2D eigenvalue weighted by molar-refractivity contribution is 7.13. The number of rotatable bonds is 2. The third kappa shape index (κ3) is 1.78. The Bertz CT molecular complexity index is 566. The molecule has 0 saturated carbocycles. The molecule has 78 valence electrons. The van der Waals surface area contributed by atoms with Gasteiger partial charge in [0.25, 0.3) is 0 Å². The second kappa shape index (κ2) is 4.13. The molecule has 2 aromatic rings. The number of nitriles is 1. The number of thiazole rings is 1. The quantitative estimate of drug-likeness (QED) is 0.859. The van der Waals surface area contributed by atoms with E-state index in [1.165, 1.54) is 16.8 Å². The SMILES string of the molecule is N#Cc1ccc(-c2scnc2C(=O)O)cc1. The highest BCUT2D eigenvalue weighted by atomic mass is 32.1. The van der Waals surface area contributed by atoms with E-state index in [1.54, 1.807) is 24.3 Å². The molecule has 0 aliphatic rings. The van der Waals surface area contributed by atoms with Crippen molar-refractivity contribution >= 4 is 17.3 Å². The lowest BCUT2D eigenvalue weighted by molar-refractivity contribution is 0.0692. The van der Waals surface area contributed by atoms with Crippen LogP contribution in [0, 0.1) is 11.3 Å². The normalized spacial score (nSPS) is 9.69. The summed E-state index contributed by atoms with van der Waals surface area (Å²) in [6, 6.07) is 8.76. The lowest BCUT2D eigenvalue weighted by atomic mass is 10.1. The van der Waals surface area contributed by atoms with Gasteiger partial charge in [-0.05, 0) is 17.7 Å². The maximum Gasteiger partial charge on any atom is 0.356 e. The van der Waals surface area contributed by atoms with Gasteiger partial charge in [-0.25, -0.2) is 9.78 Å². The summed E-state index contributed by atoms with van der Waals surface area (Å²) in [7, 11) is 0. The number of aromatic carboxylic acids is 1. The highest BCUT2D eigenvalue weighted by Crippen LogP contribution is 2.27. The molecule has 0 aliphatic carbocycles. The van der Waals surface area contributed by atoms with E-state index in [4.69, 9.17) is 10.4 Å². The Labute approximate surface area is 95.4 Å². The number of carboxylic acids is 1. The van der Waals surface area contributed by atoms with Gasteiger partial charge in [-0.15, -0.1) is 11.3 Å². The zero-order valence-electron chi connectivity index (χ0n) is 8.04. The number of nitrogens with zero attached hydrogens (tertiary/aromatic N) is 2. The first-order chi connectivity index (χ1) is 7.72. The zero-order valence-corrected chi connectivity index (χ0v) is 8.86. The Morgan fingerprint density at radius 1 is 1.38 bits per heavy atom. The fourth-order valence-electron chi connectivity index (χ4n) is 1.30. The van der Waals surface area contributed by atoms with E-state index in [1.807, 2.05) is 6.07 Å². The Morgan fingerprint density at radius 3 is 2.62 bits per heavy atom. The molecule has 1 aromatic heterocycles. The third-order valence-electron chi connectivity index (χ3n) is 2.05. The minimum absolute atomic E-state index is 0.0507. The van der Waals surface area contributed by atoms with Crippen molar-refractivity contribution in [3.63, 3.8) is 0 Å². The summed E-state index contributed by atoms with van der Waals surface area (Å²) in [6.07, 6.45) is 0. The number of benzene rings is 1. The Hall–Kier alpha value is -2.19. The van der Waals surface area contributed by atoms with E-state index in [2.05, 4.69) is 4.98 Å². The molecule has 2 rings (SSSR count). The molecule has 0 aliphatic heterocycles. The molecule has 0 bridgehead atoms. The average molecular weight is 230 g/mol. The summed E-state index contributed by atoms with van der Waals surface area (Å²) in [5, 5.41) is 17.6. The third-order valence-corrected chi connectivity index (χ3v) is 2.92. The van der Waals surface area contributed by atoms with Crippen molar-refractivity contribution in [2.75, 3.05) is 0 Å². The molecule has 0 radical (unpaired) electrons. The summed E-state index contributed by atoms with van der Waals surface area (Å²) < 4.78 is 0. The molecule has 1 aromatic carbocycles. The van der Waals surface area contributed by atoms with Gasteiger partial charge in [-0.1, -0.05) is 12.1 Å². The first kappa shape index (κ1) is 10.3. The van der Waals surface area contributed by atoms with Crippen molar-refractivity contribution in [1.29, 1.82) is 5.26 Å². The second-order valence-electron chi connectivity index (χ2n) is 3.02. The smallest absolute Gasteiger partial charge is 0.356 e. The van der Waals surface area contributed by atoms with Gasteiger partial charge in [0.05, 0.1) is 22.0 Å². The first-order valence-electron chi connectivity index (χ1n) is 4.39. The van der Waals surface area contributed by atoms with Gasteiger partial charge in [-0.2, -0.15) is 5.26 Å². The fourth-order valence-corrected chi connectivity index (χ4v) is 2.09. The van der Waals surface area contributed by atoms with Crippen LogP contribution in [0.3, 0.4) is 0 Å². The minimum atomic E-state index is -1.04. The number of hydrogen-bond acceptors (Lipinski definition) is 4. The van der Waals surface area contributed by atoms with E-state index in [0.717, 1.165) is 5.56 Å². The second-order valence-corrected chi connectivity index (χ2v) is 3.88. The molecule has 0 amide bonds. The van der Waals surface area contributed by atoms with Gasteiger partial charge in [0.2, 0.25) is 0 Å². The summed E-state index contributed by atoms with van der Waals surface area (Å²) in [4.78, 5) is 15.3. The van der Waals surface area contributed by atoms with Gasteiger partial charge >= 0.3 is 5.97 Å². The van der Waals surface area contributed by atoms with Crippen LogP contribution in [-0.2, 0) is 0 Å². The molecule has 0 spiro atoms. The molecular formula is C11H6N2O2S. The van der Waals surface area contributed by atoms with Crippen molar-refractivity contribution in [3.05, 3.63) is 41.0 Å². The van der Waals surface area contributed by atoms with Gasteiger partial charge in [0.1, 0.15) is 0 Å². The van der Waals surface area contributed by atoms with Gasteiger partial charge in [0.15, 0.2) is 5.69 Å². The van der Waals surface area contributed by atoms with Crippen molar-refractivity contribution < 1.29 is 9.90 Å². The molecule has 0 fully saturated rings. The largest absolute Gasteiger partial charge is 0.476 e. The molecule has 0 unspecified atom stereocenters. The predicted molar refractivity (Wildman–Crippen MR) is 59.2 cm³/mol. The molecule has 0 saturated heterocycles. The van der Waals surface area contributed by atoms with Crippen LogP contribution in [0.25, 0.3) is 10.4 Å². The summed E-state index contributed by atoms with van der Waals surface area (Å²) in [5.74, 6) is -1.04. The number of carbonyl (C=O) groups is 1. The molecule has 0 atom stereocenters. The zero-order chi connectivity index (χ0) is 11.5. The Balaban J connectivity index is 2.47. The van der Waals surface area contributed by atoms with Crippen LogP contribution in [0.5, 0.6) is 0 Å². The molecule has 1 N–H and O–H groups in total. The lowest BCUT2D eigenvalue weighted by Gasteiger charge is -1.98. The van der Waals surface area contributed by atoms with Gasteiger partial charge < -0.3 is 5.11 Å². The molecular weight excluding hydrogens is 224 g/mol. The molecule has 16 heavy (non-hydrogen) atoms. The average Bonchev–Trinajstić information content (AvgIpc) is 2.78. The van der Waals surface area contributed by atoms with E-state index in [-0.39, 0.29) is 5.69 Å². The van der Waals surface area contributed by atoms with E-state index in [0.29, 0.717) is 10.4 Å². The van der Waals surface area contributed by atoms with Crippen LogP contribution in [0.15, 0.2) is 29.8 Å². The number of aromatic nitrogens is 1. The Kier molecular flexibility index (Phi) is 2.66. The van der Waals surface area contributed by atoms with E-state index in [9.17, 15) is 4.79 Å². The Morgan fingerprint density at radius 2 is 2.06 bits per heavy atom. The lowest BCUT2D eigenvalue weighted by Crippen LogP contribution is -1.98. The summed E-state index contributed by atoms with van der Waals surface area (Å²) in [5.41, 5.74) is 2.86. The number of carboxylic acid groups (broad SMARTS) is 1. The van der Waals surface area contributed by atoms with E-state index < -0.39 is 5.97 Å². The molecule has 4 nitrogen and oxygen atoms in total. The van der Waals surface area contributed by atoms with Crippen LogP contribution in [0.1, 0.15) is 16.1 Å². The van der Waals surface area contributed by atoms with Gasteiger partial charge in [-0.3, -0.25) is 0 Å². The van der Waals surface area contributed by atoms with Crippen molar-refractivity contribution in [3.8, 4) is 16.5 Å². The van der Waals surface area contributed by atoms with Crippen molar-refractivity contribution in [1.82, 2.24) is 4.98 Å². The van der Waals surface area contributed by atoms with Crippen molar-refractivity contribution in [2.24, 2.45) is 0 Å². The van der Waals surface area contributed by atoms with Crippen LogP contribution < -0.4 is 0 Å². The van der Waals surface area contributed by atoms with Crippen LogP contribution in [0.2, 0.25) is 0 Å². The topological polar surface area (TPSA) is 74.0 Å². The van der Waals surface area contributed by atoms with Crippen molar-refractivity contribution in [2.45, 2.75) is 0 Å². The standard InChI is InChI=1S/C11H6N2O2S/c12-5-7-1-3-8(4-2-7)10-9(11(14)15)13-6-16-10/h1-4,6H,(H,14,15). The maximum atomic E-state index is 10.9. The van der Waals surface area contributed by atoms with Crippen LogP contribution >= 0.6 is 11.3 Å². The fraction of sp³-hybridized carbons (Fsp3) is 0. The maximum absolute atomic E-state index is 10.9. The highest BCUT2D eigenvalue weighted by Gasteiger charge is 2.14. The predicted octanol–water partition coefficient (Wildman–Crippen LogP) is 2.38. The monoisotopic (exact) mass is 230 g/mol. The van der Waals surface area contributed by atoms with Crippen LogP contribution in [0.4, 0.5) is 0 Å².